The number of hydrogen-bond acceptors (Lipinski definition) is 17. The van der Waals surface area contributed by atoms with Crippen molar-refractivity contribution in [2.24, 2.45) is 0 Å². The van der Waals surface area contributed by atoms with Crippen LogP contribution in [0.1, 0.15) is 0 Å². The van der Waals surface area contributed by atoms with Gasteiger partial charge >= 0.3 is 0 Å². The lowest BCUT2D eigenvalue weighted by molar-refractivity contribution is -0.376. The number of nitrogens with two attached hydrogens (primary N) is 1. The van der Waals surface area contributed by atoms with Crippen molar-refractivity contribution in [1.29, 1.82) is 0 Å². The number of aliphatic hydroxyl groups excluding tert-OH is 10. The zero-order valence-corrected chi connectivity index (χ0v) is 21.6. The predicted molar refractivity (Wildman–Crippen MR) is 131 cm³/mol. The summed E-state index contributed by atoms with van der Waals surface area (Å²) in [5.74, 6) is 0.247. The lowest BCUT2D eigenvalue weighted by Crippen LogP contribution is -2.66. The fourth-order valence-corrected chi connectivity index (χ4v) is 4.82. The Hall–Kier alpha value is -1.78. The minimum atomic E-state index is -1.92. The fraction of sp³-hybridized carbons (Fsp3) is 0.750. The number of hydrogen-bond donors (Lipinski definition) is 11. The van der Waals surface area contributed by atoms with E-state index >= 15 is 0 Å². The molecule has 3 aliphatic rings. The number of rotatable bonds is 9. The monoisotopic (exact) mass is 595 g/mol. The Balaban J connectivity index is 1.43. The molecule has 0 saturated carbocycles. The van der Waals surface area contributed by atoms with E-state index in [1.165, 1.54) is 24.3 Å². The molecule has 0 bridgehead atoms. The summed E-state index contributed by atoms with van der Waals surface area (Å²) in [6.45, 7) is -2.29. The molecule has 17 heteroatoms. The van der Waals surface area contributed by atoms with E-state index in [0.717, 1.165) is 0 Å². The van der Waals surface area contributed by atoms with E-state index in [2.05, 4.69) is 0 Å². The minimum absolute atomic E-state index is 0.247. The number of anilines is 1. The predicted octanol–water partition coefficient (Wildman–Crippen LogP) is -5.90. The molecule has 234 valence electrons. The first-order valence-electron chi connectivity index (χ1n) is 12.9. The van der Waals surface area contributed by atoms with Gasteiger partial charge in [0.15, 0.2) is 12.6 Å². The maximum atomic E-state index is 10.8. The van der Waals surface area contributed by atoms with Crippen LogP contribution in [0.25, 0.3) is 0 Å². The quantitative estimate of drug-likeness (QED) is 0.118. The van der Waals surface area contributed by atoms with E-state index < -0.39 is 112 Å². The normalized spacial score (nSPS) is 45.4. The zero-order chi connectivity index (χ0) is 30.0. The lowest BCUT2D eigenvalue weighted by atomic mass is 9.96. The van der Waals surface area contributed by atoms with E-state index in [1.807, 2.05) is 0 Å². The Morgan fingerprint density at radius 3 is 1.44 bits per heavy atom. The first-order chi connectivity index (χ1) is 19.5. The molecule has 0 radical (unpaired) electrons. The van der Waals surface area contributed by atoms with Crippen molar-refractivity contribution in [2.75, 3.05) is 25.6 Å². The van der Waals surface area contributed by atoms with Gasteiger partial charge in [-0.25, -0.2) is 0 Å². The van der Waals surface area contributed by atoms with Gasteiger partial charge in [-0.1, -0.05) is 0 Å². The fourth-order valence-electron chi connectivity index (χ4n) is 4.82. The van der Waals surface area contributed by atoms with Gasteiger partial charge in [-0.05, 0) is 24.3 Å². The molecule has 3 heterocycles. The van der Waals surface area contributed by atoms with Crippen LogP contribution in [0.4, 0.5) is 5.69 Å². The van der Waals surface area contributed by atoms with Crippen LogP contribution >= 0.6 is 0 Å². The van der Waals surface area contributed by atoms with Crippen LogP contribution in [0.5, 0.6) is 5.75 Å². The molecule has 15 atom stereocenters. The van der Waals surface area contributed by atoms with E-state index in [9.17, 15) is 51.1 Å². The van der Waals surface area contributed by atoms with Crippen molar-refractivity contribution in [1.82, 2.24) is 0 Å². The molecular weight excluding hydrogens is 558 g/mol. The first-order valence-corrected chi connectivity index (χ1v) is 12.9. The molecule has 4 rings (SSSR count). The van der Waals surface area contributed by atoms with Crippen LogP contribution in [0, 0.1) is 0 Å². The molecule has 1 aromatic carbocycles. The van der Waals surface area contributed by atoms with Gasteiger partial charge in [0.2, 0.25) is 6.29 Å². The smallest absolute Gasteiger partial charge is 0.229 e. The minimum Gasteiger partial charge on any atom is -0.462 e. The van der Waals surface area contributed by atoms with Gasteiger partial charge in [-0.15, -0.1) is 0 Å². The van der Waals surface area contributed by atoms with Gasteiger partial charge in [0.05, 0.1) is 19.8 Å². The van der Waals surface area contributed by atoms with Crippen molar-refractivity contribution in [3.05, 3.63) is 24.3 Å². The Morgan fingerprint density at radius 1 is 0.537 bits per heavy atom. The molecule has 1 aromatic rings. The average molecular weight is 596 g/mol. The van der Waals surface area contributed by atoms with Gasteiger partial charge < -0.3 is 85.2 Å². The van der Waals surface area contributed by atoms with Crippen LogP contribution in [0.2, 0.25) is 0 Å². The van der Waals surface area contributed by atoms with Gasteiger partial charge in [0.25, 0.3) is 0 Å². The summed E-state index contributed by atoms with van der Waals surface area (Å²) in [7, 11) is 0. The largest absolute Gasteiger partial charge is 0.462 e. The van der Waals surface area contributed by atoms with Crippen LogP contribution in [-0.2, 0) is 23.7 Å². The lowest BCUT2D eigenvalue weighted by Gasteiger charge is -2.48. The summed E-state index contributed by atoms with van der Waals surface area (Å²) >= 11 is 0. The SMILES string of the molecule is Nc1ccc(O[C@@H]2O[C@H](CO)[C@@H](O[C@@H]3O[C@H](CO)[C@H](O[C@@H]4O[C@H](CO)[C@H](O)[C@H](O)[C@H]4O)[C@H](O)[C@H]3O)[C@H](O)[C@H]2O)cc1. The van der Waals surface area contributed by atoms with E-state index in [1.54, 1.807) is 0 Å². The average Bonchev–Trinajstić information content (AvgIpc) is 2.97. The van der Waals surface area contributed by atoms with Gasteiger partial charge in [-0.3, -0.25) is 0 Å². The molecule has 0 amide bonds. The highest BCUT2D eigenvalue weighted by Crippen LogP contribution is 2.33. The van der Waals surface area contributed by atoms with E-state index in [-0.39, 0.29) is 5.75 Å². The summed E-state index contributed by atoms with van der Waals surface area (Å²) in [5, 5.41) is 102. The van der Waals surface area contributed by atoms with Crippen molar-refractivity contribution in [2.45, 2.75) is 92.1 Å². The summed E-state index contributed by atoms with van der Waals surface area (Å²) in [5.41, 5.74) is 6.10. The molecule has 3 fully saturated rings. The zero-order valence-electron chi connectivity index (χ0n) is 21.6. The first kappa shape index (κ1) is 32.1. The highest BCUT2D eigenvalue weighted by atomic mass is 16.8. The summed E-state index contributed by atoms with van der Waals surface area (Å²) < 4.78 is 33.0. The van der Waals surface area contributed by atoms with Crippen molar-refractivity contribution in [3.63, 3.8) is 0 Å². The van der Waals surface area contributed by atoms with Gasteiger partial charge in [0, 0.05) is 5.69 Å². The topological polar surface area (TPSA) is 284 Å². The standard InChI is InChI=1S/C24H37NO16/c25-8-1-3-9(4-2-8)36-22-18(34)15(31)20(11(6-27)38-22)41-24-19(35)16(32)21(12(7-28)39-24)40-23-17(33)14(30)13(29)10(5-26)37-23/h1-4,10-24,26-35H,5-7,25H2/t10-,11-,12-,13+,14+,15-,16-,17-,18-,19-,20-,21+,22-,23+,24+/m1/s1. The molecule has 0 spiro atoms. The second-order valence-electron chi connectivity index (χ2n) is 10.00. The van der Waals surface area contributed by atoms with Crippen molar-refractivity contribution < 1.29 is 79.5 Å². The molecule has 3 saturated heterocycles. The second-order valence-corrected chi connectivity index (χ2v) is 10.00. The molecule has 3 aliphatic heterocycles. The van der Waals surface area contributed by atoms with Crippen LogP contribution < -0.4 is 10.5 Å². The molecular formula is C24H37NO16. The maximum Gasteiger partial charge on any atom is 0.229 e. The van der Waals surface area contributed by atoms with Gasteiger partial charge in [0.1, 0.15) is 79.0 Å². The van der Waals surface area contributed by atoms with Crippen LogP contribution in [0.3, 0.4) is 0 Å². The third kappa shape index (κ3) is 6.74. The second kappa shape index (κ2) is 13.7. The number of nitrogen functional groups attached to an aromatic ring is 1. The number of benzene rings is 1. The molecule has 12 N–H and O–H groups in total. The highest BCUT2D eigenvalue weighted by Gasteiger charge is 2.53. The highest BCUT2D eigenvalue weighted by molar-refractivity contribution is 5.41. The molecule has 0 unspecified atom stereocenters. The van der Waals surface area contributed by atoms with E-state index in [4.69, 9.17) is 34.2 Å². The Kier molecular flexibility index (Phi) is 10.7. The van der Waals surface area contributed by atoms with Crippen molar-refractivity contribution in [3.8, 4) is 5.75 Å². The third-order valence-corrected chi connectivity index (χ3v) is 7.20. The molecule has 41 heavy (non-hydrogen) atoms. The maximum absolute atomic E-state index is 10.8. The van der Waals surface area contributed by atoms with Crippen LogP contribution in [0.15, 0.2) is 24.3 Å². The number of aliphatic hydroxyl groups is 10. The summed E-state index contributed by atoms with van der Waals surface area (Å²) in [4.78, 5) is 0. The van der Waals surface area contributed by atoms with Gasteiger partial charge in [-0.2, -0.15) is 0 Å². The third-order valence-electron chi connectivity index (χ3n) is 7.20. The molecule has 0 aliphatic carbocycles. The molecule has 0 aromatic heterocycles. The number of ether oxygens (including phenoxy) is 6. The summed E-state index contributed by atoms with van der Waals surface area (Å²) in [6.07, 6.45) is -24.6. The molecule has 17 nitrogen and oxygen atoms in total. The Bertz CT molecular complexity index is 952. The Labute approximate surface area is 233 Å². The van der Waals surface area contributed by atoms with E-state index in [0.29, 0.717) is 5.69 Å². The Morgan fingerprint density at radius 2 is 0.951 bits per heavy atom. The van der Waals surface area contributed by atoms with Crippen LogP contribution in [-0.4, -0.2) is 163 Å². The van der Waals surface area contributed by atoms with Crippen molar-refractivity contribution >= 4 is 5.69 Å². The summed E-state index contributed by atoms with van der Waals surface area (Å²) in [6, 6.07) is 6.07.